The van der Waals surface area contributed by atoms with Gasteiger partial charge in [-0.1, -0.05) is 30.3 Å². The molecule has 11 heteroatoms. The molecule has 0 aliphatic carbocycles. The van der Waals surface area contributed by atoms with E-state index in [4.69, 9.17) is 4.42 Å². The molecule has 1 aliphatic heterocycles. The van der Waals surface area contributed by atoms with Crippen LogP contribution in [0.1, 0.15) is 11.3 Å². The molecule has 1 aliphatic rings. The lowest BCUT2D eigenvalue weighted by atomic mass is 10.0. The first kappa shape index (κ1) is 24.0. The van der Waals surface area contributed by atoms with Crippen LogP contribution in [0.2, 0.25) is 0 Å². The molecule has 7 rings (SSSR count). The summed E-state index contributed by atoms with van der Waals surface area (Å²) in [4.78, 5) is 15.8. The zero-order chi connectivity index (χ0) is 27.6. The van der Waals surface area contributed by atoms with E-state index >= 15 is 4.39 Å². The van der Waals surface area contributed by atoms with Gasteiger partial charge in [0, 0.05) is 22.9 Å². The van der Waals surface area contributed by atoms with Crippen LogP contribution in [-0.2, 0) is 16.6 Å². The molecule has 198 valence electrons. The van der Waals surface area contributed by atoms with E-state index in [0.717, 1.165) is 0 Å². The molecule has 0 amide bonds. The lowest BCUT2D eigenvalue weighted by Gasteiger charge is -2.21. The number of sulfonamides is 1. The summed E-state index contributed by atoms with van der Waals surface area (Å²) in [6.45, 7) is -0.128. The van der Waals surface area contributed by atoms with Gasteiger partial charge in [-0.05, 0) is 42.5 Å². The van der Waals surface area contributed by atoms with Crippen molar-refractivity contribution in [2.24, 2.45) is 4.40 Å². The first-order valence-corrected chi connectivity index (χ1v) is 13.6. The quantitative estimate of drug-likeness (QED) is 0.293. The van der Waals surface area contributed by atoms with Crippen LogP contribution in [0.25, 0.3) is 33.0 Å². The van der Waals surface area contributed by atoms with Crippen molar-refractivity contribution in [3.63, 3.8) is 0 Å². The van der Waals surface area contributed by atoms with E-state index in [-0.39, 0.29) is 61.8 Å². The fraction of sp³-hybridized carbons (Fsp3) is 0.0345. The second-order valence-electron chi connectivity index (χ2n) is 9.27. The predicted octanol–water partition coefficient (Wildman–Crippen LogP) is 5.63. The predicted molar refractivity (Wildman–Crippen MR) is 147 cm³/mol. The highest BCUT2D eigenvalue weighted by atomic mass is 32.2. The number of hydrogen-bond donors (Lipinski definition) is 2. The minimum atomic E-state index is -4.17. The number of rotatable bonds is 4. The topological polar surface area (TPSA) is 109 Å². The maximum atomic E-state index is 15.4. The fourth-order valence-electron chi connectivity index (χ4n) is 5.21. The second-order valence-corrected chi connectivity index (χ2v) is 10.8. The number of H-pyrrole nitrogens is 1. The maximum Gasteiger partial charge on any atom is 0.286 e. The number of anilines is 1. The third kappa shape index (κ3) is 3.58. The molecule has 0 fully saturated rings. The average molecular weight is 557 g/mol. The zero-order valence-corrected chi connectivity index (χ0v) is 21.3. The number of aromatic amines is 1. The SMILES string of the molecule is O=c1[nH]cccc1-c1c(C2=NS(=O)(=O)c3ccccc3N2)n(Cc2ccccc2F)c2cc(F)c3ccoc3c12. The number of pyridine rings is 1. The van der Waals surface area contributed by atoms with Gasteiger partial charge in [0.05, 0.1) is 40.5 Å². The summed E-state index contributed by atoms with van der Waals surface area (Å²) in [5, 5.41) is 3.60. The minimum Gasteiger partial charge on any atom is -0.463 e. The summed E-state index contributed by atoms with van der Waals surface area (Å²) in [5.74, 6) is -1.21. The van der Waals surface area contributed by atoms with Crippen LogP contribution in [0.3, 0.4) is 0 Å². The van der Waals surface area contributed by atoms with Gasteiger partial charge in [-0.25, -0.2) is 8.78 Å². The third-order valence-corrected chi connectivity index (χ3v) is 8.28. The Morgan fingerprint density at radius 2 is 1.75 bits per heavy atom. The van der Waals surface area contributed by atoms with Crippen LogP contribution < -0.4 is 10.9 Å². The Balaban J connectivity index is 1.66. The number of amidine groups is 1. The van der Waals surface area contributed by atoms with Gasteiger partial charge in [0.2, 0.25) is 0 Å². The second kappa shape index (κ2) is 8.75. The molecule has 0 spiro atoms. The Morgan fingerprint density at radius 1 is 0.950 bits per heavy atom. The molecule has 2 N–H and O–H groups in total. The molecule has 0 bridgehead atoms. The molecule has 0 atom stereocenters. The van der Waals surface area contributed by atoms with Gasteiger partial charge in [0.1, 0.15) is 22.1 Å². The van der Waals surface area contributed by atoms with Crippen LogP contribution in [0.5, 0.6) is 0 Å². The summed E-state index contributed by atoms with van der Waals surface area (Å²) in [6, 6.07) is 18.3. The smallest absolute Gasteiger partial charge is 0.286 e. The van der Waals surface area contributed by atoms with Gasteiger partial charge in [-0.2, -0.15) is 8.42 Å². The number of furan rings is 1. The van der Waals surface area contributed by atoms with Crippen molar-refractivity contribution in [1.82, 2.24) is 9.55 Å². The van der Waals surface area contributed by atoms with Crippen LogP contribution in [0, 0.1) is 11.6 Å². The van der Waals surface area contributed by atoms with Crippen molar-refractivity contribution in [2.45, 2.75) is 11.4 Å². The molecule has 0 saturated carbocycles. The first-order chi connectivity index (χ1) is 19.3. The third-order valence-electron chi connectivity index (χ3n) is 6.94. The number of benzene rings is 3. The molecular formula is C29H18F2N4O4S. The van der Waals surface area contributed by atoms with Crippen LogP contribution in [0.4, 0.5) is 14.5 Å². The van der Waals surface area contributed by atoms with Crippen molar-refractivity contribution in [1.29, 1.82) is 0 Å². The fourth-order valence-corrected chi connectivity index (χ4v) is 6.33. The van der Waals surface area contributed by atoms with E-state index in [2.05, 4.69) is 14.7 Å². The van der Waals surface area contributed by atoms with Gasteiger partial charge >= 0.3 is 0 Å². The van der Waals surface area contributed by atoms with E-state index in [1.54, 1.807) is 53.1 Å². The Bertz CT molecular complexity index is 2200. The minimum absolute atomic E-state index is 0.0194. The molecule has 4 heterocycles. The molecule has 6 aromatic rings. The van der Waals surface area contributed by atoms with E-state index in [1.807, 2.05) is 0 Å². The summed E-state index contributed by atoms with van der Waals surface area (Å²) < 4.78 is 68.3. The molecule has 0 saturated heterocycles. The number of fused-ring (bicyclic) bond motifs is 4. The highest BCUT2D eigenvalue weighted by Gasteiger charge is 2.33. The Morgan fingerprint density at radius 3 is 2.58 bits per heavy atom. The van der Waals surface area contributed by atoms with Crippen molar-refractivity contribution in [3.8, 4) is 11.1 Å². The summed E-state index contributed by atoms with van der Waals surface area (Å²) >= 11 is 0. The summed E-state index contributed by atoms with van der Waals surface area (Å²) in [5.41, 5.74) is 1.05. The largest absolute Gasteiger partial charge is 0.463 e. The van der Waals surface area contributed by atoms with Gasteiger partial charge in [-0.3, -0.25) is 4.79 Å². The van der Waals surface area contributed by atoms with E-state index in [9.17, 15) is 17.6 Å². The number of aromatic nitrogens is 2. The van der Waals surface area contributed by atoms with E-state index in [1.165, 1.54) is 36.7 Å². The van der Waals surface area contributed by atoms with Crippen LogP contribution in [0.15, 0.2) is 104 Å². The number of nitrogens with zero attached hydrogens (tertiary/aromatic N) is 2. The lowest BCUT2D eigenvalue weighted by Crippen LogP contribution is -2.26. The molecular weight excluding hydrogens is 538 g/mol. The van der Waals surface area contributed by atoms with Crippen molar-refractivity contribution >= 4 is 43.4 Å². The number of hydrogen-bond acceptors (Lipinski definition) is 5. The Hall–Kier alpha value is -5.03. The first-order valence-electron chi connectivity index (χ1n) is 12.2. The molecule has 3 aromatic heterocycles. The Labute approximate surface area is 225 Å². The van der Waals surface area contributed by atoms with E-state index in [0.29, 0.717) is 5.39 Å². The molecule has 40 heavy (non-hydrogen) atoms. The molecule has 3 aromatic carbocycles. The van der Waals surface area contributed by atoms with Crippen LogP contribution >= 0.6 is 0 Å². The zero-order valence-electron chi connectivity index (χ0n) is 20.5. The summed E-state index contributed by atoms with van der Waals surface area (Å²) in [6.07, 6.45) is 2.79. The number of halogens is 2. The van der Waals surface area contributed by atoms with Gasteiger partial charge in [-0.15, -0.1) is 4.40 Å². The van der Waals surface area contributed by atoms with Crippen molar-refractivity contribution in [3.05, 3.63) is 119 Å². The molecule has 0 unspecified atom stereocenters. The van der Waals surface area contributed by atoms with Gasteiger partial charge < -0.3 is 19.3 Å². The standard InChI is InChI=1S/C29H18F2N4O4S/c30-19-8-2-1-6-16(19)15-35-22-14-20(31)17-11-13-39-27(17)25(22)24(18-7-5-12-32-29(18)36)26(35)28-33-21-9-3-4-10-23(21)40(37,38)34-28/h1-14H,15H2,(H,32,36)(H,33,34). The average Bonchev–Trinajstić information content (AvgIpc) is 3.54. The number of para-hydroxylation sites is 1. The van der Waals surface area contributed by atoms with Crippen LogP contribution in [-0.4, -0.2) is 23.8 Å². The van der Waals surface area contributed by atoms with E-state index < -0.39 is 27.2 Å². The molecule has 8 nitrogen and oxygen atoms in total. The monoisotopic (exact) mass is 556 g/mol. The number of nitrogens with one attached hydrogen (secondary N) is 2. The molecule has 0 radical (unpaired) electrons. The maximum absolute atomic E-state index is 15.4. The van der Waals surface area contributed by atoms with Gasteiger partial charge in [0.15, 0.2) is 5.84 Å². The van der Waals surface area contributed by atoms with Crippen molar-refractivity contribution < 1.29 is 21.6 Å². The lowest BCUT2D eigenvalue weighted by molar-refractivity contribution is 0.596. The summed E-state index contributed by atoms with van der Waals surface area (Å²) in [7, 11) is -4.17. The highest BCUT2D eigenvalue weighted by molar-refractivity contribution is 7.90. The van der Waals surface area contributed by atoms with Gasteiger partial charge in [0.25, 0.3) is 15.6 Å². The van der Waals surface area contributed by atoms with Crippen molar-refractivity contribution in [2.75, 3.05) is 5.32 Å². The Kier molecular flexibility index (Phi) is 5.26. The highest BCUT2D eigenvalue weighted by Crippen LogP contribution is 2.42. The normalized spacial score (nSPS) is 14.2.